The summed E-state index contributed by atoms with van der Waals surface area (Å²) in [5.74, 6) is 0.496. The number of rotatable bonds is 8. The van der Waals surface area contributed by atoms with E-state index in [9.17, 15) is 13.2 Å². The van der Waals surface area contributed by atoms with Crippen LogP contribution in [0.2, 0.25) is 0 Å². The first-order chi connectivity index (χ1) is 14.3. The van der Waals surface area contributed by atoms with E-state index in [1.807, 2.05) is 38.1 Å². The van der Waals surface area contributed by atoms with Crippen molar-refractivity contribution in [3.63, 3.8) is 0 Å². The number of nitrogens with one attached hydrogen (secondary N) is 2. The molecule has 0 atom stereocenters. The van der Waals surface area contributed by atoms with E-state index in [2.05, 4.69) is 10.0 Å². The van der Waals surface area contributed by atoms with Crippen molar-refractivity contribution in [3.8, 4) is 5.75 Å². The molecule has 156 valence electrons. The normalized spacial score (nSPS) is 11.0. The van der Waals surface area contributed by atoms with Crippen molar-refractivity contribution in [2.24, 2.45) is 0 Å². The van der Waals surface area contributed by atoms with Gasteiger partial charge in [0.25, 0.3) is 15.9 Å². The number of aryl methyl sites for hydroxylation is 2. The lowest BCUT2D eigenvalue weighted by atomic mass is 10.2. The number of amides is 1. The van der Waals surface area contributed by atoms with E-state index < -0.39 is 10.0 Å². The summed E-state index contributed by atoms with van der Waals surface area (Å²) >= 11 is 0. The highest BCUT2D eigenvalue weighted by atomic mass is 32.2. The van der Waals surface area contributed by atoms with Gasteiger partial charge in [0.1, 0.15) is 12.4 Å². The molecule has 0 heterocycles. The van der Waals surface area contributed by atoms with Crippen LogP contribution in [0.3, 0.4) is 0 Å². The van der Waals surface area contributed by atoms with Gasteiger partial charge < -0.3 is 10.1 Å². The fraction of sp³-hybridized carbons (Fsp3) is 0.174. The van der Waals surface area contributed by atoms with Crippen LogP contribution in [0, 0.1) is 13.8 Å². The lowest BCUT2D eigenvalue weighted by Crippen LogP contribution is -2.28. The lowest BCUT2D eigenvalue weighted by molar-refractivity contribution is 0.0947. The maximum Gasteiger partial charge on any atom is 0.261 e. The van der Waals surface area contributed by atoms with Crippen molar-refractivity contribution in [2.45, 2.75) is 18.7 Å². The number of carbonyl (C=O) groups excluding carboxylic acids is 1. The van der Waals surface area contributed by atoms with Gasteiger partial charge in [-0.25, -0.2) is 8.42 Å². The van der Waals surface area contributed by atoms with Gasteiger partial charge in [-0.05, 0) is 62.4 Å². The minimum atomic E-state index is -3.68. The van der Waals surface area contributed by atoms with E-state index in [4.69, 9.17) is 4.74 Å². The summed E-state index contributed by atoms with van der Waals surface area (Å²) in [6, 6.07) is 20.5. The Hall–Kier alpha value is -3.32. The Balaban J connectivity index is 1.51. The molecule has 30 heavy (non-hydrogen) atoms. The first-order valence-electron chi connectivity index (χ1n) is 9.51. The molecule has 0 saturated carbocycles. The van der Waals surface area contributed by atoms with Crippen molar-refractivity contribution in [1.82, 2.24) is 5.32 Å². The van der Waals surface area contributed by atoms with Crippen LogP contribution in [0.1, 0.15) is 21.5 Å². The topological polar surface area (TPSA) is 84.5 Å². The molecule has 6 nitrogen and oxygen atoms in total. The van der Waals surface area contributed by atoms with E-state index in [0.717, 1.165) is 16.9 Å². The molecule has 0 aliphatic heterocycles. The van der Waals surface area contributed by atoms with Gasteiger partial charge >= 0.3 is 0 Å². The van der Waals surface area contributed by atoms with Gasteiger partial charge in [-0.1, -0.05) is 35.4 Å². The summed E-state index contributed by atoms with van der Waals surface area (Å²) in [6.45, 7) is 4.60. The van der Waals surface area contributed by atoms with Gasteiger partial charge in [0.15, 0.2) is 0 Å². The minimum absolute atomic E-state index is 0.184. The van der Waals surface area contributed by atoms with Gasteiger partial charge in [-0.2, -0.15) is 0 Å². The van der Waals surface area contributed by atoms with Crippen LogP contribution in [-0.2, 0) is 10.0 Å². The Morgan fingerprint density at radius 1 is 0.833 bits per heavy atom. The largest absolute Gasteiger partial charge is 0.492 e. The van der Waals surface area contributed by atoms with Gasteiger partial charge in [0.2, 0.25) is 0 Å². The molecule has 1 amide bonds. The SMILES string of the molecule is Cc1ccc(OCCNC(=O)c2ccc(NS(=O)(=O)c3ccc(C)cc3)cc2)cc1. The second-order valence-corrected chi connectivity index (χ2v) is 8.60. The van der Waals surface area contributed by atoms with Crippen LogP contribution < -0.4 is 14.8 Å². The molecular formula is C23H24N2O4S. The van der Waals surface area contributed by atoms with Gasteiger partial charge in [-0.15, -0.1) is 0 Å². The Labute approximate surface area is 177 Å². The summed E-state index contributed by atoms with van der Waals surface area (Å²) in [4.78, 5) is 12.4. The van der Waals surface area contributed by atoms with E-state index in [-0.39, 0.29) is 10.8 Å². The zero-order valence-corrected chi connectivity index (χ0v) is 17.7. The highest BCUT2D eigenvalue weighted by molar-refractivity contribution is 7.92. The molecule has 2 N–H and O–H groups in total. The number of sulfonamides is 1. The number of anilines is 1. The summed E-state index contributed by atoms with van der Waals surface area (Å²) in [6.07, 6.45) is 0. The van der Waals surface area contributed by atoms with Crippen LogP contribution in [-0.4, -0.2) is 27.5 Å². The Kier molecular flexibility index (Phi) is 6.74. The number of benzene rings is 3. The molecule has 0 aliphatic carbocycles. The average molecular weight is 425 g/mol. The van der Waals surface area contributed by atoms with Crippen LogP contribution >= 0.6 is 0 Å². The quantitative estimate of drug-likeness (QED) is 0.537. The summed E-state index contributed by atoms with van der Waals surface area (Å²) in [7, 11) is -3.68. The second kappa shape index (κ2) is 9.45. The third-order valence-electron chi connectivity index (χ3n) is 4.41. The smallest absolute Gasteiger partial charge is 0.261 e. The monoisotopic (exact) mass is 424 g/mol. The molecular weight excluding hydrogens is 400 g/mol. The van der Waals surface area contributed by atoms with Gasteiger partial charge in [0.05, 0.1) is 11.4 Å². The van der Waals surface area contributed by atoms with Gasteiger partial charge in [-0.3, -0.25) is 9.52 Å². The van der Waals surface area contributed by atoms with Crippen molar-refractivity contribution in [1.29, 1.82) is 0 Å². The Morgan fingerprint density at radius 2 is 1.40 bits per heavy atom. The summed E-state index contributed by atoms with van der Waals surface area (Å²) in [5, 5.41) is 2.78. The maximum absolute atomic E-state index is 12.4. The Bertz CT molecular complexity index is 1090. The summed E-state index contributed by atoms with van der Waals surface area (Å²) < 4.78 is 33.0. The molecule has 3 aromatic carbocycles. The molecule has 0 saturated heterocycles. The molecule has 0 aliphatic rings. The highest BCUT2D eigenvalue weighted by Crippen LogP contribution is 2.17. The van der Waals surface area contributed by atoms with Crippen molar-refractivity contribution in [3.05, 3.63) is 89.5 Å². The molecule has 0 bridgehead atoms. The molecule has 0 fully saturated rings. The molecule has 3 rings (SSSR count). The van der Waals surface area contributed by atoms with E-state index in [1.54, 1.807) is 48.5 Å². The van der Waals surface area contributed by atoms with E-state index in [0.29, 0.717) is 24.4 Å². The van der Waals surface area contributed by atoms with Crippen LogP contribution in [0.15, 0.2) is 77.7 Å². The van der Waals surface area contributed by atoms with E-state index >= 15 is 0 Å². The summed E-state index contributed by atoms with van der Waals surface area (Å²) in [5.41, 5.74) is 2.95. The third-order valence-corrected chi connectivity index (χ3v) is 5.81. The van der Waals surface area contributed by atoms with Crippen LogP contribution in [0.4, 0.5) is 5.69 Å². The second-order valence-electron chi connectivity index (χ2n) is 6.91. The number of hydrogen-bond donors (Lipinski definition) is 2. The zero-order chi connectivity index (χ0) is 21.6. The minimum Gasteiger partial charge on any atom is -0.492 e. The van der Waals surface area contributed by atoms with E-state index in [1.165, 1.54) is 0 Å². The molecule has 0 spiro atoms. The molecule has 0 unspecified atom stereocenters. The fourth-order valence-electron chi connectivity index (χ4n) is 2.69. The Morgan fingerprint density at radius 3 is 2.00 bits per heavy atom. The fourth-order valence-corrected chi connectivity index (χ4v) is 3.75. The predicted molar refractivity (Wildman–Crippen MR) is 117 cm³/mol. The third kappa shape index (κ3) is 5.84. The van der Waals surface area contributed by atoms with Gasteiger partial charge in [0, 0.05) is 11.3 Å². The number of ether oxygens (including phenoxy) is 1. The molecule has 3 aromatic rings. The molecule has 0 radical (unpaired) electrons. The van der Waals surface area contributed by atoms with Crippen molar-refractivity contribution < 1.29 is 17.9 Å². The number of carbonyl (C=O) groups is 1. The van der Waals surface area contributed by atoms with Crippen molar-refractivity contribution in [2.75, 3.05) is 17.9 Å². The van der Waals surface area contributed by atoms with Crippen molar-refractivity contribution >= 4 is 21.6 Å². The zero-order valence-electron chi connectivity index (χ0n) is 16.9. The molecule has 7 heteroatoms. The standard InChI is InChI=1S/C23H24N2O4S/c1-17-3-11-21(12-4-17)29-16-15-24-23(26)19-7-9-20(10-8-19)25-30(27,28)22-13-5-18(2)6-14-22/h3-14,25H,15-16H2,1-2H3,(H,24,26). The number of hydrogen-bond acceptors (Lipinski definition) is 4. The lowest BCUT2D eigenvalue weighted by Gasteiger charge is -2.10. The maximum atomic E-state index is 12.4. The van der Waals surface area contributed by atoms with Crippen LogP contribution in [0.5, 0.6) is 5.75 Å². The first-order valence-corrected chi connectivity index (χ1v) is 11.0. The predicted octanol–water partition coefficient (Wildman–Crippen LogP) is 3.91. The van der Waals surface area contributed by atoms with Crippen LogP contribution in [0.25, 0.3) is 0 Å². The first kappa shape index (κ1) is 21.4. The molecule has 0 aromatic heterocycles. The average Bonchev–Trinajstić information content (AvgIpc) is 2.73. The highest BCUT2D eigenvalue weighted by Gasteiger charge is 2.14.